The summed E-state index contributed by atoms with van der Waals surface area (Å²) in [5, 5.41) is 28.5. The van der Waals surface area contributed by atoms with Crippen molar-refractivity contribution in [2.45, 2.75) is 37.2 Å². The molecule has 1 saturated heterocycles. The SMILES string of the molecule is CC(C(=O)Nc1ccc(S(N)(=O)=O)cc1)N1CCCC(C(=O)N=Nc2c(O)n(Cc3ccc(Cl)cc3)c3ccccc23)C1. The normalized spacial score (nSPS) is 16.9. The van der Waals surface area contributed by atoms with E-state index in [1.807, 2.05) is 41.3 Å². The van der Waals surface area contributed by atoms with Crippen LogP contribution in [0.25, 0.3) is 10.9 Å². The van der Waals surface area contributed by atoms with Crippen LogP contribution in [0, 0.1) is 5.92 Å². The lowest BCUT2D eigenvalue weighted by Gasteiger charge is -2.34. The van der Waals surface area contributed by atoms with Gasteiger partial charge < -0.3 is 15.0 Å². The summed E-state index contributed by atoms with van der Waals surface area (Å²) in [5.41, 5.74) is 2.32. The number of nitrogens with one attached hydrogen (secondary N) is 1. The van der Waals surface area contributed by atoms with E-state index in [-0.39, 0.29) is 22.4 Å². The van der Waals surface area contributed by atoms with E-state index < -0.39 is 27.9 Å². The number of fused-ring (bicyclic) bond motifs is 1. The van der Waals surface area contributed by atoms with E-state index in [4.69, 9.17) is 16.7 Å². The minimum Gasteiger partial charge on any atom is -0.493 e. The number of primary sulfonamides is 1. The molecule has 4 N–H and O–H groups in total. The number of hydrogen-bond acceptors (Lipinski definition) is 7. The number of rotatable bonds is 8. The van der Waals surface area contributed by atoms with E-state index in [0.29, 0.717) is 48.6 Å². The van der Waals surface area contributed by atoms with Gasteiger partial charge in [-0.15, -0.1) is 10.2 Å². The number of para-hydroxylation sites is 1. The maximum Gasteiger partial charge on any atom is 0.269 e. The zero-order chi connectivity index (χ0) is 30.7. The third-order valence-corrected chi connectivity index (χ3v) is 8.78. The topological polar surface area (TPSA) is 159 Å². The number of carbonyl (C=O) groups is 2. The number of hydrogen-bond donors (Lipinski definition) is 3. The maximum absolute atomic E-state index is 13.1. The maximum atomic E-state index is 13.1. The van der Waals surface area contributed by atoms with Crippen LogP contribution in [0.15, 0.2) is 87.9 Å². The second-order valence-corrected chi connectivity index (χ2v) is 12.5. The van der Waals surface area contributed by atoms with Gasteiger partial charge in [-0.2, -0.15) is 0 Å². The molecule has 5 rings (SSSR count). The van der Waals surface area contributed by atoms with Gasteiger partial charge in [0.05, 0.1) is 28.9 Å². The molecule has 1 aliphatic rings. The summed E-state index contributed by atoms with van der Waals surface area (Å²) in [6, 6.07) is 19.7. The van der Waals surface area contributed by atoms with Crippen LogP contribution < -0.4 is 10.5 Å². The van der Waals surface area contributed by atoms with E-state index in [1.165, 1.54) is 24.3 Å². The highest BCUT2D eigenvalue weighted by Gasteiger charge is 2.31. The van der Waals surface area contributed by atoms with Crippen LogP contribution in [0.4, 0.5) is 11.4 Å². The fourth-order valence-corrected chi connectivity index (χ4v) is 5.83. The van der Waals surface area contributed by atoms with Crippen LogP contribution in [-0.4, -0.2) is 53.9 Å². The van der Waals surface area contributed by atoms with E-state index in [0.717, 1.165) is 11.1 Å². The number of likely N-dealkylation sites (tertiary alicyclic amines) is 1. The van der Waals surface area contributed by atoms with Crippen LogP contribution in [0.3, 0.4) is 0 Å². The van der Waals surface area contributed by atoms with Crippen molar-refractivity contribution in [2.24, 2.45) is 21.3 Å². The Bertz CT molecular complexity index is 1790. The summed E-state index contributed by atoms with van der Waals surface area (Å²) >= 11 is 6.01. The zero-order valence-electron chi connectivity index (χ0n) is 23.4. The van der Waals surface area contributed by atoms with E-state index in [1.54, 1.807) is 23.6 Å². The molecule has 224 valence electrons. The van der Waals surface area contributed by atoms with E-state index in [9.17, 15) is 23.1 Å². The molecule has 1 aromatic heterocycles. The lowest BCUT2D eigenvalue weighted by Crippen LogP contribution is -2.48. The molecule has 0 spiro atoms. The Labute approximate surface area is 254 Å². The first-order valence-electron chi connectivity index (χ1n) is 13.7. The smallest absolute Gasteiger partial charge is 0.269 e. The number of amides is 2. The Balaban J connectivity index is 1.26. The summed E-state index contributed by atoms with van der Waals surface area (Å²) < 4.78 is 24.7. The number of carbonyl (C=O) groups excluding carboxylic acids is 2. The molecular weight excluding hydrogens is 592 g/mol. The molecule has 3 aromatic carbocycles. The number of nitrogens with two attached hydrogens (primary N) is 1. The molecule has 11 nitrogen and oxygen atoms in total. The third kappa shape index (κ3) is 6.94. The minimum absolute atomic E-state index is 0.0514. The van der Waals surface area contributed by atoms with Crippen molar-refractivity contribution in [3.63, 3.8) is 0 Å². The molecule has 0 saturated carbocycles. The second-order valence-electron chi connectivity index (χ2n) is 10.5. The van der Waals surface area contributed by atoms with Gasteiger partial charge in [-0.25, -0.2) is 13.6 Å². The summed E-state index contributed by atoms with van der Waals surface area (Å²) in [4.78, 5) is 27.9. The van der Waals surface area contributed by atoms with Gasteiger partial charge in [0.2, 0.25) is 21.8 Å². The molecule has 4 aromatic rings. The quantitative estimate of drug-likeness (QED) is 0.233. The number of halogens is 1. The highest BCUT2D eigenvalue weighted by molar-refractivity contribution is 7.89. The number of aromatic hydroxyl groups is 1. The second kappa shape index (κ2) is 12.6. The molecule has 1 aliphatic heterocycles. The number of nitrogens with zero attached hydrogens (tertiary/aromatic N) is 4. The largest absolute Gasteiger partial charge is 0.493 e. The van der Waals surface area contributed by atoms with Crippen LogP contribution >= 0.6 is 11.6 Å². The van der Waals surface area contributed by atoms with Crippen LogP contribution in [0.1, 0.15) is 25.3 Å². The van der Waals surface area contributed by atoms with Gasteiger partial charge in [-0.1, -0.05) is 41.9 Å². The molecule has 2 unspecified atom stereocenters. The number of piperidine rings is 1. The van der Waals surface area contributed by atoms with Crippen molar-refractivity contribution in [3.8, 4) is 5.88 Å². The summed E-state index contributed by atoms with van der Waals surface area (Å²) in [7, 11) is -3.83. The first kappa shape index (κ1) is 30.4. The first-order chi connectivity index (χ1) is 20.5. The predicted molar refractivity (Wildman–Crippen MR) is 164 cm³/mol. The highest BCUT2D eigenvalue weighted by Crippen LogP contribution is 2.39. The fourth-order valence-electron chi connectivity index (χ4n) is 5.18. The molecule has 43 heavy (non-hydrogen) atoms. The first-order valence-corrected chi connectivity index (χ1v) is 15.6. The fraction of sp³-hybridized carbons (Fsp3) is 0.267. The van der Waals surface area contributed by atoms with Crippen molar-refractivity contribution >= 4 is 55.7 Å². The van der Waals surface area contributed by atoms with Gasteiger partial charge in [-0.05, 0) is 74.3 Å². The van der Waals surface area contributed by atoms with Crippen molar-refractivity contribution in [1.82, 2.24) is 9.47 Å². The van der Waals surface area contributed by atoms with Gasteiger partial charge in [0.15, 0.2) is 5.69 Å². The van der Waals surface area contributed by atoms with Gasteiger partial charge in [-0.3, -0.25) is 14.5 Å². The van der Waals surface area contributed by atoms with Gasteiger partial charge >= 0.3 is 0 Å². The Kier molecular flexibility index (Phi) is 8.92. The molecule has 0 bridgehead atoms. The third-order valence-electron chi connectivity index (χ3n) is 7.60. The Hall–Kier alpha value is -4.10. The number of aromatic nitrogens is 1. The van der Waals surface area contributed by atoms with E-state index >= 15 is 0 Å². The van der Waals surface area contributed by atoms with Gasteiger partial charge in [0.1, 0.15) is 0 Å². The highest BCUT2D eigenvalue weighted by atomic mass is 35.5. The molecule has 0 radical (unpaired) electrons. The van der Waals surface area contributed by atoms with E-state index in [2.05, 4.69) is 15.5 Å². The van der Waals surface area contributed by atoms with Crippen LogP contribution in [0.2, 0.25) is 5.02 Å². The zero-order valence-corrected chi connectivity index (χ0v) is 24.9. The van der Waals surface area contributed by atoms with Crippen molar-refractivity contribution in [1.29, 1.82) is 0 Å². The van der Waals surface area contributed by atoms with Crippen LogP contribution in [0.5, 0.6) is 5.88 Å². The Morgan fingerprint density at radius 2 is 1.79 bits per heavy atom. The number of benzene rings is 3. The number of sulfonamides is 1. The summed E-state index contributed by atoms with van der Waals surface area (Å²) in [5.74, 6) is -1.28. The molecule has 2 heterocycles. The van der Waals surface area contributed by atoms with Crippen molar-refractivity contribution in [3.05, 3.63) is 83.4 Å². The minimum atomic E-state index is -3.83. The Morgan fingerprint density at radius 3 is 2.49 bits per heavy atom. The monoisotopic (exact) mass is 622 g/mol. The van der Waals surface area contributed by atoms with Crippen LogP contribution in [-0.2, 0) is 26.2 Å². The number of anilines is 1. The predicted octanol–water partition coefficient (Wildman–Crippen LogP) is 5.05. The molecule has 13 heteroatoms. The van der Waals surface area contributed by atoms with Gasteiger partial charge in [0, 0.05) is 22.6 Å². The lowest BCUT2D eigenvalue weighted by molar-refractivity contribution is -0.127. The van der Waals surface area contributed by atoms with Crippen molar-refractivity contribution < 1.29 is 23.1 Å². The molecule has 1 fully saturated rings. The van der Waals surface area contributed by atoms with Crippen molar-refractivity contribution in [2.75, 3.05) is 18.4 Å². The molecule has 2 amide bonds. The average Bonchev–Trinajstić information content (AvgIpc) is 3.26. The molecule has 0 aliphatic carbocycles. The standard InChI is InChI=1S/C30H31ClN6O5S/c1-19(28(38)33-23-12-14-24(15-13-23)43(32,41)42)36-16-4-5-21(18-36)29(39)35-34-27-25-6-2-3-7-26(25)37(30(27)40)17-20-8-10-22(31)11-9-20/h2-3,6-15,19,21,40H,4-5,16-18H2,1H3,(H,33,38)(H2,32,41,42). The Morgan fingerprint density at radius 1 is 1.09 bits per heavy atom. The average molecular weight is 623 g/mol. The molecular formula is C30H31ClN6O5S. The van der Waals surface area contributed by atoms with Gasteiger partial charge in [0.25, 0.3) is 5.91 Å². The summed E-state index contributed by atoms with van der Waals surface area (Å²) in [6.07, 6.45) is 1.29. The summed E-state index contributed by atoms with van der Waals surface area (Å²) in [6.45, 7) is 3.07. The molecule has 2 atom stereocenters. The lowest BCUT2D eigenvalue weighted by atomic mass is 9.96. The number of azo groups is 1.